The third-order valence-electron chi connectivity index (χ3n) is 20.0. The number of nitrogens with one attached hydrogen (secondary N) is 1. The van der Waals surface area contributed by atoms with Gasteiger partial charge in [-0.25, -0.2) is 4.79 Å². The number of carbonyl (C=O) groups excluding carboxylic acids is 3. The quantitative estimate of drug-likeness (QED) is 0.0520. The molecule has 1 aromatic heterocycles. The lowest BCUT2D eigenvalue weighted by atomic mass is 9.32. The van der Waals surface area contributed by atoms with Gasteiger partial charge in [0.1, 0.15) is 25.0 Å². The van der Waals surface area contributed by atoms with Crippen molar-refractivity contribution < 1.29 is 43.2 Å². The highest BCUT2D eigenvalue weighted by molar-refractivity contribution is 5.74. The van der Waals surface area contributed by atoms with Gasteiger partial charge in [-0.2, -0.15) is 0 Å². The molecule has 16 heteroatoms. The minimum absolute atomic E-state index is 0.0358. The maximum Gasteiger partial charge on any atom is 0.330 e. The van der Waals surface area contributed by atoms with E-state index in [2.05, 4.69) is 63.5 Å². The van der Waals surface area contributed by atoms with Crippen LogP contribution in [0.1, 0.15) is 184 Å². The molecule has 0 radical (unpaired) electrons. The number of rotatable bonds is 16. The fourth-order valence-corrected chi connectivity index (χ4v) is 16.4. The number of H-pyrrole nitrogens is 1. The summed E-state index contributed by atoms with van der Waals surface area (Å²) in [7, 11) is 0. The van der Waals surface area contributed by atoms with Crippen molar-refractivity contribution in [2.75, 3.05) is 13.2 Å². The number of nitrogens with zero attached hydrogens (tertiary/aromatic N) is 4. The highest BCUT2D eigenvalue weighted by atomic mass is 16.6. The van der Waals surface area contributed by atoms with Crippen LogP contribution in [-0.4, -0.2) is 70.0 Å². The summed E-state index contributed by atoms with van der Waals surface area (Å²) < 4.78 is 25.5. The number of hydrogen-bond donors (Lipinski definition) is 2. The second kappa shape index (κ2) is 19.4. The minimum atomic E-state index is -0.911. The lowest BCUT2D eigenvalue weighted by Crippen LogP contribution is -2.67. The van der Waals surface area contributed by atoms with Gasteiger partial charge in [-0.3, -0.25) is 33.5 Å². The first kappa shape index (κ1) is 53.6. The van der Waals surface area contributed by atoms with E-state index in [4.69, 9.17) is 18.9 Å². The molecule has 0 aromatic carbocycles. The van der Waals surface area contributed by atoms with Crippen molar-refractivity contribution in [2.45, 2.75) is 204 Å². The summed E-state index contributed by atoms with van der Waals surface area (Å²) in [6.45, 7) is 26.2. The molecule has 7 rings (SSSR count). The first-order chi connectivity index (χ1) is 32.5. The first-order valence-corrected chi connectivity index (χ1v) is 26.3. The van der Waals surface area contributed by atoms with Gasteiger partial charge < -0.3 is 24.1 Å². The smallest absolute Gasteiger partial charge is 0.330 e. The number of aryl methyl sites for hydroxylation is 1. The van der Waals surface area contributed by atoms with Gasteiger partial charge in [0.2, 0.25) is 0 Å². The lowest BCUT2D eigenvalue weighted by molar-refractivity contribution is -0.253. The third kappa shape index (κ3) is 9.99. The summed E-state index contributed by atoms with van der Waals surface area (Å²) in [6.07, 6.45) is 10.2. The van der Waals surface area contributed by atoms with Crippen LogP contribution in [0.15, 0.2) is 20.9 Å². The van der Waals surface area contributed by atoms with E-state index in [9.17, 15) is 39.4 Å². The number of aromatic nitrogens is 2. The van der Waals surface area contributed by atoms with E-state index in [1.807, 2.05) is 27.7 Å². The van der Waals surface area contributed by atoms with Gasteiger partial charge in [-0.1, -0.05) is 81.3 Å². The van der Waals surface area contributed by atoms with E-state index in [0.29, 0.717) is 47.7 Å². The Morgan fingerprint density at radius 2 is 1.51 bits per heavy atom. The summed E-state index contributed by atoms with van der Waals surface area (Å²) in [5.74, 6) is 0.801. The van der Waals surface area contributed by atoms with E-state index >= 15 is 0 Å². The summed E-state index contributed by atoms with van der Waals surface area (Å²) >= 11 is 0. The van der Waals surface area contributed by atoms with Gasteiger partial charge >= 0.3 is 29.6 Å². The molecule has 1 aromatic rings. The molecule has 5 saturated carbocycles. The number of hydrogen-bond acceptors (Lipinski definition) is 11. The van der Waals surface area contributed by atoms with Crippen LogP contribution in [0.2, 0.25) is 0 Å². The number of carboxylic acid groups (broad SMARTS) is 1. The topological polar surface area (TPSA) is 229 Å². The van der Waals surface area contributed by atoms with E-state index in [1.54, 1.807) is 6.92 Å². The summed E-state index contributed by atoms with van der Waals surface area (Å²) in [5, 5.41) is 13.2. The largest absolute Gasteiger partial charge is 0.481 e. The van der Waals surface area contributed by atoms with Crippen LogP contribution < -0.4 is 11.2 Å². The Morgan fingerprint density at radius 1 is 0.857 bits per heavy atom. The van der Waals surface area contributed by atoms with E-state index < -0.39 is 52.4 Å². The van der Waals surface area contributed by atoms with E-state index in [1.165, 1.54) is 10.8 Å². The summed E-state index contributed by atoms with van der Waals surface area (Å²) in [5.41, 5.74) is 6.89. The molecule has 1 aliphatic heterocycles. The molecule has 5 aliphatic carbocycles. The zero-order valence-electron chi connectivity index (χ0n) is 44.2. The Morgan fingerprint density at radius 3 is 2.17 bits per heavy atom. The van der Waals surface area contributed by atoms with Crippen molar-refractivity contribution in [1.29, 1.82) is 0 Å². The molecule has 390 valence electrons. The number of esters is 3. The standard InChI is InChI=1S/C54H83N5O11/c1-31(2)33-15-20-54(30-68-43(63)26-49(6,7)25-42(62)67-29-36-35(57-58-55)23-40(69-36)59-28-32(3)46(65)56-47(59)66)22-21-52(11)34(45(33)54)13-14-38-51(10)18-17-39(50(8,9)37(51)16-19-53(38,52)12)70-44(64)27-48(4,5)24-41(60)61/h28,31,33-40,45H,13-27,29-30H2,1-12H3,(H,60,61)(H,56,65,66)/t33-,34+,35?,36?,37-,38+,39-,40+,45+,51-,52+,53+,54+/m0/s1. The van der Waals surface area contributed by atoms with E-state index in [0.717, 1.165) is 64.2 Å². The van der Waals surface area contributed by atoms with E-state index in [-0.39, 0.29) is 83.8 Å². The van der Waals surface area contributed by atoms with Crippen LogP contribution in [0.25, 0.3) is 10.4 Å². The van der Waals surface area contributed by atoms with Crippen LogP contribution in [-0.2, 0) is 38.1 Å². The number of carboxylic acids is 1. The van der Waals surface area contributed by atoms with Gasteiger partial charge in [0.25, 0.3) is 5.56 Å². The van der Waals surface area contributed by atoms with Gasteiger partial charge in [0.15, 0.2) is 0 Å². The Hall–Kier alpha value is -4.17. The van der Waals surface area contributed by atoms with Crippen LogP contribution in [0.5, 0.6) is 0 Å². The van der Waals surface area contributed by atoms with Crippen molar-refractivity contribution >= 4 is 23.9 Å². The molecule has 16 nitrogen and oxygen atoms in total. The van der Waals surface area contributed by atoms with Crippen molar-refractivity contribution in [2.24, 2.45) is 78.5 Å². The summed E-state index contributed by atoms with van der Waals surface area (Å²) in [6, 6.07) is -0.718. The summed E-state index contributed by atoms with van der Waals surface area (Å²) in [4.78, 5) is 81.6. The zero-order chi connectivity index (χ0) is 51.6. The fraction of sp³-hybridized carbons (Fsp3) is 0.852. The number of carbonyl (C=O) groups is 4. The molecule has 0 amide bonds. The fourth-order valence-electron chi connectivity index (χ4n) is 16.4. The maximum atomic E-state index is 13.9. The van der Waals surface area contributed by atoms with Crippen molar-refractivity contribution in [3.05, 3.63) is 43.0 Å². The Kier molecular flexibility index (Phi) is 14.8. The van der Waals surface area contributed by atoms with Crippen molar-refractivity contribution in [3.8, 4) is 0 Å². The number of aromatic amines is 1. The van der Waals surface area contributed by atoms with Gasteiger partial charge in [0, 0.05) is 33.9 Å². The van der Waals surface area contributed by atoms with Crippen LogP contribution >= 0.6 is 0 Å². The number of azide groups is 1. The second-order valence-electron chi connectivity index (χ2n) is 26.2. The molecule has 1 saturated heterocycles. The van der Waals surface area contributed by atoms with Crippen molar-refractivity contribution in [1.82, 2.24) is 9.55 Å². The molecule has 70 heavy (non-hydrogen) atoms. The Bertz CT molecular complexity index is 2350. The molecule has 0 bridgehead atoms. The molecule has 0 spiro atoms. The SMILES string of the molecule is Cc1cn([C@H]2CC(N=[N+]=[N-])C(COC(=O)CC(C)(C)CC(=O)OC[C@]34CC[C@@H](C(C)C)[C@@H]3[C@H]3CC[C@@H]5[C@@]6(C)CC[C@H](OC(=O)CC(C)(C)CC(=O)O)C(C)(C)[C@@H]6CC[C@@]5(C)[C@]3(C)CC4)O2)c(=O)[nH]c1=O. The Balaban J connectivity index is 0.980. The van der Waals surface area contributed by atoms with Gasteiger partial charge in [-0.05, 0) is 139 Å². The third-order valence-corrected chi connectivity index (χ3v) is 20.0. The highest BCUT2D eigenvalue weighted by Crippen LogP contribution is 2.77. The molecule has 2 N–H and O–H groups in total. The zero-order valence-corrected chi connectivity index (χ0v) is 44.2. The van der Waals surface area contributed by atoms with Crippen LogP contribution in [0.4, 0.5) is 0 Å². The molecule has 2 heterocycles. The normalized spacial score (nSPS) is 36.7. The molecular weight excluding hydrogens is 895 g/mol. The number of aliphatic carboxylic acids is 1. The molecule has 6 aliphatic rings. The van der Waals surface area contributed by atoms with Gasteiger partial charge in [-0.15, -0.1) is 0 Å². The molecule has 13 atom stereocenters. The molecule has 6 fully saturated rings. The monoisotopic (exact) mass is 978 g/mol. The maximum absolute atomic E-state index is 13.9. The average molecular weight is 978 g/mol. The van der Waals surface area contributed by atoms with Crippen LogP contribution in [0, 0.1) is 80.3 Å². The predicted molar refractivity (Wildman–Crippen MR) is 262 cm³/mol. The lowest BCUT2D eigenvalue weighted by Gasteiger charge is -2.73. The highest BCUT2D eigenvalue weighted by Gasteiger charge is 2.71. The van der Waals surface area contributed by atoms with Crippen LogP contribution in [0.3, 0.4) is 0 Å². The molecule has 2 unspecified atom stereocenters. The predicted octanol–water partition coefficient (Wildman–Crippen LogP) is 10.2. The second-order valence-corrected chi connectivity index (χ2v) is 26.2. The minimum Gasteiger partial charge on any atom is -0.481 e. The number of fused-ring (bicyclic) bond motifs is 7. The average Bonchev–Trinajstić information content (AvgIpc) is 3.83. The molecular formula is C54H83N5O11. The number of ether oxygens (including phenoxy) is 4. The van der Waals surface area contributed by atoms with Crippen molar-refractivity contribution in [3.63, 3.8) is 0 Å². The van der Waals surface area contributed by atoms with Gasteiger partial charge in [0.05, 0.1) is 38.3 Å². The first-order valence-electron chi connectivity index (χ1n) is 26.3. The Labute approximate surface area is 414 Å².